The van der Waals surface area contributed by atoms with Gasteiger partial charge >= 0.3 is 6.03 Å². The van der Waals surface area contributed by atoms with Gasteiger partial charge in [-0.05, 0) is 65.1 Å². The van der Waals surface area contributed by atoms with E-state index in [1.54, 1.807) is 37.5 Å². The molecule has 0 bridgehead atoms. The number of nitrogens with zero attached hydrogens (tertiary/aromatic N) is 2. The Hall–Kier alpha value is -4.10. The molecular weight excluding hydrogens is 478 g/mol. The fourth-order valence-corrected chi connectivity index (χ4v) is 4.69. The third-order valence-corrected chi connectivity index (χ3v) is 6.78. The van der Waals surface area contributed by atoms with Gasteiger partial charge in [0, 0.05) is 23.8 Å². The van der Waals surface area contributed by atoms with Crippen LogP contribution in [0.5, 0.6) is 5.75 Å². The molecule has 1 saturated heterocycles. The highest BCUT2D eigenvalue weighted by Crippen LogP contribution is 2.32. The number of amides is 4. The molecule has 2 aliphatic rings. The summed E-state index contributed by atoms with van der Waals surface area (Å²) in [5.41, 5.74) is 4.69. The summed E-state index contributed by atoms with van der Waals surface area (Å²) in [4.78, 5) is 41.4. The number of fused-ring (bicyclic) bond motifs is 1. The van der Waals surface area contributed by atoms with Crippen molar-refractivity contribution < 1.29 is 19.1 Å². The molecule has 1 N–H and O–H groups in total. The minimum atomic E-state index is -0.734. The number of benzene rings is 3. The second-order valence-corrected chi connectivity index (χ2v) is 9.11. The average Bonchev–Trinajstić information content (AvgIpc) is 3.28. The summed E-state index contributed by atoms with van der Waals surface area (Å²) in [6, 6.07) is 20.0. The number of hydrogen-bond donors (Lipinski definition) is 1. The number of hydrogen-bond acceptors (Lipinski definition) is 5. The standard InChI is InChI=1S/C28H24ClN3O4/c1-36-22-9-6-18(7-10-22)16-32-27(34)23(26(33)30-28(32)35)15-19-8-11-25-20(14-19)12-13-31(25)17-21-4-2-3-5-24(21)29/h2-11,14-15H,12-13,16-17H2,1H3,(H,30,33,35)/b23-15+. The summed E-state index contributed by atoms with van der Waals surface area (Å²) in [6.45, 7) is 1.60. The molecule has 5 rings (SSSR count). The minimum Gasteiger partial charge on any atom is -0.497 e. The first-order valence-corrected chi connectivity index (χ1v) is 11.9. The van der Waals surface area contributed by atoms with E-state index in [1.807, 2.05) is 42.5 Å². The van der Waals surface area contributed by atoms with Crippen LogP contribution in [0.25, 0.3) is 6.08 Å². The molecule has 0 atom stereocenters. The normalized spacial score (nSPS) is 16.4. The van der Waals surface area contributed by atoms with Gasteiger partial charge in [0.2, 0.25) is 0 Å². The van der Waals surface area contributed by atoms with Gasteiger partial charge in [-0.15, -0.1) is 0 Å². The maximum atomic E-state index is 13.1. The Bertz CT molecular complexity index is 1380. The van der Waals surface area contributed by atoms with Crippen LogP contribution >= 0.6 is 11.6 Å². The molecule has 0 radical (unpaired) electrons. The second kappa shape index (κ2) is 9.87. The van der Waals surface area contributed by atoms with E-state index in [2.05, 4.69) is 10.2 Å². The van der Waals surface area contributed by atoms with E-state index in [0.29, 0.717) is 12.3 Å². The molecule has 2 aliphatic heterocycles. The molecule has 1 fully saturated rings. The molecule has 2 heterocycles. The smallest absolute Gasteiger partial charge is 0.331 e. The van der Waals surface area contributed by atoms with Crippen molar-refractivity contribution in [2.75, 3.05) is 18.6 Å². The highest BCUT2D eigenvalue weighted by Gasteiger charge is 2.35. The molecule has 4 amide bonds. The van der Waals surface area contributed by atoms with Crippen LogP contribution in [0.2, 0.25) is 5.02 Å². The highest BCUT2D eigenvalue weighted by molar-refractivity contribution is 6.31. The molecule has 36 heavy (non-hydrogen) atoms. The summed E-state index contributed by atoms with van der Waals surface area (Å²) < 4.78 is 5.15. The van der Waals surface area contributed by atoms with Gasteiger partial charge in [0.25, 0.3) is 11.8 Å². The van der Waals surface area contributed by atoms with Gasteiger partial charge in [0.15, 0.2) is 0 Å². The molecule has 0 aromatic heterocycles. The minimum absolute atomic E-state index is 0.0421. The lowest BCUT2D eigenvalue weighted by Crippen LogP contribution is -2.53. The van der Waals surface area contributed by atoms with E-state index in [9.17, 15) is 14.4 Å². The first-order valence-electron chi connectivity index (χ1n) is 11.6. The summed E-state index contributed by atoms with van der Waals surface area (Å²) in [5, 5.41) is 3.02. The molecule has 3 aromatic rings. The van der Waals surface area contributed by atoms with Gasteiger partial charge in [-0.25, -0.2) is 4.79 Å². The Balaban J connectivity index is 1.36. The Morgan fingerprint density at radius 2 is 1.78 bits per heavy atom. The van der Waals surface area contributed by atoms with Gasteiger partial charge in [-0.1, -0.05) is 48.0 Å². The van der Waals surface area contributed by atoms with Crippen LogP contribution < -0.4 is 15.0 Å². The molecular formula is C28H24ClN3O4. The van der Waals surface area contributed by atoms with Crippen LogP contribution in [0.1, 0.15) is 22.3 Å². The topological polar surface area (TPSA) is 79.0 Å². The fraction of sp³-hybridized carbons (Fsp3) is 0.179. The Labute approximate surface area is 213 Å². The molecule has 182 valence electrons. The van der Waals surface area contributed by atoms with E-state index in [4.69, 9.17) is 16.3 Å². The number of rotatable bonds is 6. The first-order chi connectivity index (χ1) is 17.4. The van der Waals surface area contributed by atoms with Crippen molar-refractivity contribution in [1.82, 2.24) is 10.2 Å². The Kier molecular flexibility index (Phi) is 6.48. The third kappa shape index (κ3) is 4.70. The van der Waals surface area contributed by atoms with E-state index in [-0.39, 0.29) is 12.1 Å². The third-order valence-electron chi connectivity index (χ3n) is 6.41. The van der Waals surface area contributed by atoms with E-state index in [1.165, 1.54) is 0 Å². The number of carbonyl (C=O) groups excluding carboxylic acids is 3. The molecule has 7 nitrogen and oxygen atoms in total. The fourth-order valence-electron chi connectivity index (χ4n) is 4.49. The van der Waals surface area contributed by atoms with Crippen molar-refractivity contribution in [2.24, 2.45) is 0 Å². The maximum absolute atomic E-state index is 13.1. The number of urea groups is 1. The van der Waals surface area contributed by atoms with Crippen molar-refractivity contribution in [3.8, 4) is 5.75 Å². The lowest BCUT2D eigenvalue weighted by molar-refractivity contribution is -0.130. The van der Waals surface area contributed by atoms with Crippen LogP contribution in [0.4, 0.5) is 10.5 Å². The predicted octanol–water partition coefficient (Wildman–Crippen LogP) is 4.57. The Morgan fingerprint density at radius 3 is 2.53 bits per heavy atom. The van der Waals surface area contributed by atoms with Crippen molar-refractivity contribution in [3.63, 3.8) is 0 Å². The Morgan fingerprint density at radius 1 is 1.00 bits per heavy atom. The number of imide groups is 2. The van der Waals surface area contributed by atoms with Crippen molar-refractivity contribution in [1.29, 1.82) is 0 Å². The van der Waals surface area contributed by atoms with Crippen LogP contribution in [0, 0.1) is 0 Å². The average molecular weight is 502 g/mol. The van der Waals surface area contributed by atoms with Gasteiger partial charge in [0.1, 0.15) is 11.3 Å². The molecule has 0 unspecified atom stereocenters. The van der Waals surface area contributed by atoms with E-state index < -0.39 is 17.8 Å². The molecule has 0 saturated carbocycles. The number of barbiturate groups is 1. The summed E-state index contributed by atoms with van der Waals surface area (Å²) in [6.07, 6.45) is 2.39. The van der Waals surface area contributed by atoms with Crippen molar-refractivity contribution in [2.45, 2.75) is 19.5 Å². The number of methoxy groups -OCH3 is 1. The zero-order valence-electron chi connectivity index (χ0n) is 19.7. The summed E-state index contributed by atoms with van der Waals surface area (Å²) in [5.74, 6) is -0.650. The SMILES string of the molecule is COc1ccc(CN2C(=O)NC(=O)/C(=C\c3ccc4c(c3)CCN4Cc3ccccc3Cl)C2=O)cc1. The lowest BCUT2D eigenvalue weighted by Gasteiger charge is -2.26. The number of anilines is 1. The first kappa shape index (κ1) is 23.6. The van der Waals surface area contributed by atoms with Gasteiger partial charge in [-0.2, -0.15) is 0 Å². The summed E-state index contributed by atoms with van der Waals surface area (Å²) in [7, 11) is 1.56. The monoisotopic (exact) mass is 501 g/mol. The number of carbonyl (C=O) groups is 3. The van der Waals surface area contributed by atoms with Crippen LogP contribution in [-0.4, -0.2) is 36.4 Å². The summed E-state index contributed by atoms with van der Waals surface area (Å²) >= 11 is 6.34. The van der Waals surface area contributed by atoms with Crippen molar-refractivity contribution >= 4 is 41.2 Å². The van der Waals surface area contributed by atoms with Crippen LogP contribution in [-0.2, 0) is 29.1 Å². The van der Waals surface area contributed by atoms with Crippen molar-refractivity contribution in [3.05, 3.63) is 99.6 Å². The second-order valence-electron chi connectivity index (χ2n) is 8.71. The van der Waals surface area contributed by atoms with Gasteiger partial charge in [-0.3, -0.25) is 19.8 Å². The molecule has 3 aromatic carbocycles. The highest BCUT2D eigenvalue weighted by atomic mass is 35.5. The van der Waals surface area contributed by atoms with Gasteiger partial charge in [0.05, 0.1) is 13.7 Å². The quantitative estimate of drug-likeness (QED) is 0.395. The molecule has 8 heteroatoms. The number of nitrogens with one attached hydrogen (secondary N) is 1. The number of halogens is 1. The lowest BCUT2D eigenvalue weighted by atomic mass is 10.0. The largest absolute Gasteiger partial charge is 0.497 e. The zero-order chi connectivity index (χ0) is 25.2. The van der Waals surface area contributed by atoms with Crippen LogP contribution in [0.15, 0.2) is 72.3 Å². The maximum Gasteiger partial charge on any atom is 0.331 e. The zero-order valence-corrected chi connectivity index (χ0v) is 20.4. The van der Waals surface area contributed by atoms with Crippen LogP contribution in [0.3, 0.4) is 0 Å². The van der Waals surface area contributed by atoms with E-state index in [0.717, 1.165) is 50.8 Å². The van der Waals surface area contributed by atoms with Gasteiger partial charge < -0.3 is 9.64 Å². The molecule has 0 spiro atoms. The van der Waals surface area contributed by atoms with E-state index >= 15 is 0 Å². The molecule has 0 aliphatic carbocycles. The number of ether oxygens (including phenoxy) is 1. The predicted molar refractivity (Wildman–Crippen MR) is 138 cm³/mol.